The molecule has 6 heteroatoms. The minimum absolute atomic E-state index is 0.0184. The van der Waals surface area contributed by atoms with E-state index in [1.165, 1.54) is 0 Å². The van der Waals surface area contributed by atoms with E-state index in [0.29, 0.717) is 13.1 Å². The van der Waals surface area contributed by atoms with E-state index in [4.69, 9.17) is 4.74 Å². The number of hydrogen-bond acceptors (Lipinski definition) is 3. The summed E-state index contributed by atoms with van der Waals surface area (Å²) in [5, 5.41) is 6.99. The van der Waals surface area contributed by atoms with Crippen molar-refractivity contribution in [2.24, 2.45) is 5.41 Å². The topological polar surface area (TPSA) is 83.2 Å². The van der Waals surface area contributed by atoms with Crippen molar-refractivity contribution in [2.75, 3.05) is 20.2 Å². The van der Waals surface area contributed by atoms with Gasteiger partial charge in [-0.2, -0.15) is 0 Å². The molecule has 164 valence electrons. The molecule has 0 aliphatic rings. The zero-order valence-electron chi connectivity index (χ0n) is 18.6. The molecule has 0 saturated carbocycles. The van der Waals surface area contributed by atoms with Crippen molar-refractivity contribution in [1.29, 1.82) is 0 Å². The molecule has 3 N–H and O–H groups in total. The molecule has 1 unspecified atom stereocenters. The summed E-state index contributed by atoms with van der Waals surface area (Å²) >= 11 is 0. The Bertz CT molecular complexity index is 1030. The highest BCUT2D eigenvalue weighted by Crippen LogP contribution is 2.31. The second-order valence-electron chi connectivity index (χ2n) is 8.68. The molecule has 0 spiro atoms. The predicted octanol–water partition coefficient (Wildman–Crippen LogP) is 3.98. The fourth-order valence-corrected chi connectivity index (χ4v) is 3.48. The molecule has 3 aromatic rings. The largest absolute Gasteiger partial charge is 0.497 e. The highest BCUT2D eigenvalue weighted by molar-refractivity contribution is 5.85. The summed E-state index contributed by atoms with van der Waals surface area (Å²) in [7, 11) is 1.64. The molecule has 0 radical (unpaired) electrons. The molecule has 6 nitrogen and oxygen atoms in total. The van der Waals surface area contributed by atoms with Crippen LogP contribution in [0.2, 0.25) is 0 Å². The van der Waals surface area contributed by atoms with Crippen LogP contribution in [-0.4, -0.2) is 37.0 Å². The third kappa shape index (κ3) is 5.66. The van der Waals surface area contributed by atoms with Crippen LogP contribution in [0.3, 0.4) is 0 Å². The monoisotopic (exact) mass is 421 g/mol. The number of carbonyl (C=O) groups is 2. The summed E-state index contributed by atoms with van der Waals surface area (Å²) in [4.78, 5) is 27.8. The molecule has 3 rings (SSSR count). The molecular weight excluding hydrogens is 390 g/mol. The Morgan fingerprint density at radius 1 is 1.03 bits per heavy atom. The molecule has 1 atom stereocenters. The molecule has 2 amide bonds. The van der Waals surface area contributed by atoms with Gasteiger partial charge in [0.25, 0.3) is 0 Å². The van der Waals surface area contributed by atoms with E-state index in [1.807, 2.05) is 69.4 Å². The van der Waals surface area contributed by atoms with Crippen LogP contribution in [0.25, 0.3) is 10.9 Å². The van der Waals surface area contributed by atoms with Gasteiger partial charge in [0.15, 0.2) is 0 Å². The molecule has 2 aromatic carbocycles. The number of ether oxygens (including phenoxy) is 1. The number of aromatic amines is 1. The lowest BCUT2D eigenvalue weighted by Crippen LogP contribution is -2.37. The lowest BCUT2D eigenvalue weighted by molar-refractivity contribution is -0.128. The van der Waals surface area contributed by atoms with E-state index in [2.05, 4.69) is 21.7 Å². The van der Waals surface area contributed by atoms with Crippen molar-refractivity contribution >= 4 is 22.7 Å². The van der Waals surface area contributed by atoms with Gasteiger partial charge in [-0.1, -0.05) is 51.1 Å². The SMILES string of the molecule is COc1ccc(C(CNC(=O)CCNC(=O)C(C)(C)C)c2c[nH]c3ccccc23)cc1. The van der Waals surface area contributed by atoms with E-state index >= 15 is 0 Å². The maximum absolute atomic E-state index is 12.5. The van der Waals surface area contributed by atoms with Gasteiger partial charge >= 0.3 is 0 Å². The first-order chi connectivity index (χ1) is 14.8. The lowest BCUT2D eigenvalue weighted by atomic mass is 9.90. The quantitative estimate of drug-likeness (QED) is 0.514. The van der Waals surface area contributed by atoms with Crippen LogP contribution in [-0.2, 0) is 9.59 Å². The van der Waals surface area contributed by atoms with Crippen LogP contribution in [0.5, 0.6) is 5.75 Å². The third-order valence-corrected chi connectivity index (χ3v) is 5.34. The van der Waals surface area contributed by atoms with Gasteiger partial charge in [-0.25, -0.2) is 0 Å². The second kappa shape index (κ2) is 9.69. The Labute approximate surface area is 183 Å². The molecule has 0 fully saturated rings. The minimum atomic E-state index is -0.467. The molecular formula is C25H31N3O3. The summed E-state index contributed by atoms with van der Waals surface area (Å²) < 4.78 is 5.29. The van der Waals surface area contributed by atoms with Gasteiger partial charge in [-0.3, -0.25) is 9.59 Å². The van der Waals surface area contributed by atoms with Crippen molar-refractivity contribution < 1.29 is 14.3 Å². The number of carbonyl (C=O) groups excluding carboxylic acids is 2. The van der Waals surface area contributed by atoms with E-state index in [1.54, 1.807) is 7.11 Å². The first-order valence-corrected chi connectivity index (χ1v) is 10.5. The Hall–Kier alpha value is -3.28. The number of amides is 2. The normalized spacial score (nSPS) is 12.4. The van der Waals surface area contributed by atoms with Gasteiger partial charge in [0.1, 0.15) is 5.75 Å². The summed E-state index contributed by atoms with van der Waals surface area (Å²) in [6.07, 6.45) is 2.25. The van der Waals surface area contributed by atoms with Crippen LogP contribution >= 0.6 is 0 Å². The molecule has 31 heavy (non-hydrogen) atoms. The Kier molecular flexibility index (Phi) is 7.00. The summed E-state index contributed by atoms with van der Waals surface area (Å²) in [6, 6.07) is 16.1. The zero-order chi connectivity index (χ0) is 22.4. The number of nitrogens with one attached hydrogen (secondary N) is 3. The fourth-order valence-electron chi connectivity index (χ4n) is 3.48. The van der Waals surface area contributed by atoms with Crippen LogP contribution in [0.15, 0.2) is 54.7 Å². The van der Waals surface area contributed by atoms with Gasteiger partial charge in [0, 0.05) is 47.9 Å². The second-order valence-corrected chi connectivity index (χ2v) is 8.68. The maximum atomic E-state index is 12.5. The van der Waals surface area contributed by atoms with E-state index in [0.717, 1.165) is 27.8 Å². The lowest BCUT2D eigenvalue weighted by Gasteiger charge is -2.19. The molecule has 0 bridgehead atoms. The average molecular weight is 422 g/mol. The average Bonchev–Trinajstić information content (AvgIpc) is 3.17. The Balaban J connectivity index is 1.71. The van der Waals surface area contributed by atoms with Crippen molar-refractivity contribution in [3.05, 3.63) is 65.9 Å². The number of rotatable bonds is 8. The smallest absolute Gasteiger partial charge is 0.225 e. The van der Waals surface area contributed by atoms with E-state index in [-0.39, 0.29) is 24.2 Å². The fraction of sp³-hybridized carbons (Fsp3) is 0.360. The number of para-hydroxylation sites is 1. The molecule has 1 aromatic heterocycles. The summed E-state index contributed by atoms with van der Waals surface area (Å²) in [5.74, 6) is 0.623. The summed E-state index contributed by atoms with van der Waals surface area (Å²) in [5.41, 5.74) is 2.81. The highest BCUT2D eigenvalue weighted by Gasteiger charge is 2.21. The number of methoxy groups -OCH3 is 1. The Morgan fingerprint density at radius 2 is 1.74 bits per heavy atom. The van der Waals surface area contributed by atoms with Crippen molar-refractivity contribution in [3.8, 4) is 5.75 Å². The van der Waals surface area contributed by atoms with Gasteiger partial charge in [0.05, 0.1) is 7.11 Å². The molecule has 0 aliphatic carbocycles. The van der Waals surface area contributed by atoms with Gasteiger partial charge < -0.3 is 20.4 Å². The van der Waals surface area contributed by atoms with Crippen LogP contribution in [0, 0.1) is 5.41 Å². The molecule has 1 heterocycles. The first-order valence-electron chi connectivity index (χ1n) is 10.5. The van der Waals surface area contributed by atoms with E-state index < -0.39 is 5.41 Å². The van der Waals surface area contributed by atoms with Gasteiger partial charge in [-0.15, -0.1) is 0 Å². The van der Waals surface area contributed by atoms with Gasteiger partial charge in [0.2, 0.25) is 11.8 Å². The van der Waals surface area contributed by atoms with Crippen molar-refractivity contribution in [1.82, 2.24) is 15.6 Å². The van der Waals surface area contributed by atoms with Crippen molar-refractivity contribution in [3.63, 3.8) is 0 Å². The predicted molar refractivity (Wildman–Crippen MR) is 123 cm³/mol. The van der Waals surface area contributed by atoms with Crippen LogP contribution in [0.4, 0.5) is 0 Å². The van der Waals surface area contributed by atoms with Crippen molar-refractivity contribution in [2.45, 2.75) is 33.1 Å². The number of aromatic nitrogens is 1. The minimum Gasteiger partial charge on any atom is -0.497 e. The maximum Gasteiger partial charge on any atom is 0.225 e. The van der Waals surface area contributed by atoms with Crippen LogP contribution in [0.1, 0.15) is 44.2 Å². The van der Waals surface area contributed by atoms with E-state index in [9.17, 15) is 9.59 Å². The highest BCUT2D eigenvalue weighted by atomic mass is 16.5. The molecule has 0 saturated heterocycles. The number of H-pyrrole nitrogens is 1. The third-order valence-electron chi connectivity index (χ3n) is 5.34. The van der Waals surface area contributed by atoms with Crippen LogP contribution < -0.4 is 15.4 Å². The first kappa shape index (κ1) is 22.4. The number of benzene rings is 2. The number of fused-ring (bicyclic) bond motifs is 1. The zero-order valence-corrected chi connectivity index (χ0v) is 18.6. The van der Waals surface area contributed by atoms with Gasteiger partial charge in [-0.05, 0) is 29.3 Å². The number of hydrogen-bond donors (Lipinski definition) is 3. The summed E-state index contributed by atoms with van der Waals surface area (Å²) in [6.45, 7) is 6.33. The molecule has 0 aliphatic heterocycles. The Morgan fingerprint density at radius 3 is 2.42 bits per heavy atom. The standard InChI is InChI=1S/C25H31N3O3/c1-25(2,3)24(30)26-14-13-23(29)28-15-20(17-9-11-18(31-4)12-10-17)21-16-27-22-8-6-5-7-19(21)22/h5-12,16,20,27H,13-15H2,1-4H3,(H,26,30)(H,28,29).